The van der Waals surface area contributed by atoms with Gasteiger partial charge in [0, 0.05) is 17.0 Å². The number of fused-ring (bicyclic) bond motifs is 1. The van der Waals surface area contributed by atoms with E-state index in [9.17, 15) is 26.4 Å². The van der Waals surface area contributed by atoms with Crippen molar-refractivity contribution in [3.8, 4) is 5.75 Å². The van der Waals surface area contributed by atoms with Crippen LogP contribution in [0.15, 0.2) is 47.4 Å². The number of ether oxygens (including phenoxy) is 2. The molecule has 3 aromatic rings. The first kappa shape index (κ1) is 26.4. The number of halogens is 3. The molecule has 0 spiro atoms. The lowest BCUT2D eigenvalue weighted by molar-refractivity contribution is -0.127. The molecule has 3 rings (SSSR count). The summed E-state index contributed by atoms with van der Waals surface area (Å²) in [6.07, 6.45) is -6.50. The summed E-state index contributed by atoms with van der Waals surface area (Å²) in [6, 6.07) is 10.1. The van der Waals surface area contributed by atoms with Crippen molar-refractivity contribution in [3.05, 3.63) is 59.3 Å². The molecule has 0 unspecified atom stereocenters. The summed E-state index contributed by atoms with van der Waals surface area (Å²) in [7, 11) is -2.96. The third kappa shape index (κ3) is 6.27. The predicted molar refractivity (Wildman–Crippen MR) is 125 cm³/mol. The SMILES string of the molecule is COc1cc2c(cc1CC(F)(F)F)cc(CNC(=O)OC(C)(C)C)n2S(=O)(=O)c1ccc(C)cc1. The molecule has 190 valence electrons. The Morgan fingerprint density at radius 1 is 1.06 bits per heavy atom. The Kier molecular flexibility index (Phi) is 7.12. The van der Waals surface area contributed by atoms with Gasteiger partial charge in [0.05, 0.1) is 36.2 Å². The van der Waals surface area contributed by atoms with Gasteiger partial charge in [0.1, 0.15) is 11.4 Å². The number of amides is 1. The van der Waals surface area contributed by atoms with E-state index in [-0.39, 0.29) is 39.4 Å². The van der Waals surface area contributed by atoms with Crippen LogP contribution in [0.1, 0.15) is 37.6 Å². The quantitative estimate of drug-likeness (QED) is 0.483. The Hall–Kier alpha value is -3.21. The molecule has 11 heteroatoms. The highest BCUT2D eigenvalue weighted by Crippen LogP contribution is 2.34. The highest BCUT2D eigenvalue weighted by Gasteiger charge is 2.31. The van der Waals surface area contributed by atoms with Gasteiger partial charge in [-0.1, -0.05) is 17.7 Å². The van der Waals surface area contributed by atoms with Gasteiger partial charge in [0.25, 0.3) is 10.0 Å². The summed E-state index contributed by atoms with van der Waals surface area (Å²) in [6.45, 7) is 6.61. The van der Waals surface area contributed by atoms with Crippen LogP contribution in [0.3, 0.4) is 0 Å². The summed E-state index contributed by atoms with van der Waals surface area (Å²) in [5.41, 5.74) is 0.201. The van der Waals surface area contributed by atoms with Crippen molar-refractivity contribution in [1.29, 1.82) is 0 Å². The van der Waals surface area contributed by atoms with Gasteiger partial charge in [0.15, 0.2) is 0 Å². The minimum absolute atomic E-state index is 0.0162. The van der Waals surface area contributed by atoms with Crippen molar-refractivity contribution in [2.24, 2.45) is 0 Å². The normalized spacial score (nSPS) is 12.6. The Labute approximate surface area is 201 Å². The van der Waals surface area contributed by atoms with Gasteiger partial charge in [0.2, 0.25) is 0 Å². The van der Waals surface area contributed by atoms with E-state index in [1.165, 1.54) is 37.4 Å². The summed E-state index contributed by atoms with van der Waals surface area (Å²) in [5.74, 6) is -0.0973. The average molecular weight is 513 g/mol. The molecule has 0 atom stereocenters. The number of hydrogen-bond donors (Lipinski definition) is 1. The Bertz CT molecular complexity index is 1340. The minimum Gasteiger partial charge on any atom is -0.496 e. The fourth-order valence-corrected chi connectivity index (χ4v) is 5.09. The van der Waals surface area contributed by atoms with E-state index < -0.39 is 34.3 Å². The second-order valence-corrected chi connectivity index (χ2v) is 10.9. The summed E-state index contributed by atoms with van der Waals surface area (Å²) in [5, 5.41) is 2.76. The topological polar surface area (TPSA) is 86.6 Å². The van der Waals surface area contributed by atoms with Crippen LogP contribution in [-0.4, -0.2) is 37.4 Å². The smallest absolute Gasteiger partial charge is 0.407 e. The molecular weight excluding hydrogens is 485 g/mol. The van der Waals surface area contributed by atoms with Crippen LogP contribution >= 0.6 is 0 Å². The van der Waals surface area contributed by atoms with Crippen LogP contribution in [0.2, 0.25) is 0 Å². The number of aromatic nitrogens is 1. The number of aryl methyl sites for hydroxylation is 1. The maximum Gasteiger partial charge on any atom is 0.407 e. The largest absolute Gasteiger partial charge is 0.496 e. The second kappa shape index (κ2) is 9.44. The number of carbonyl (C=O) groups is 1. The molecule has 0 aliphatic rings. The van der Waals surface area contributed by atoms with Crippen molar-refractivity contribution in [2.75, 3.05) is 7.11 Å². The number of carbonyl (C=O) groups excluding carboxylic acids is 1. The van der Waals surface area contributed by atoms with Crippen molar-refractivity contribution in [3.63, 3.8) is 0 Å². The number of benzene rings is 2. The molecule has 0 fully saturated rings. The van der Waals surface area contributed by atoms with Crippen molar-refractivity contribution < 1.29 is 35.9 Å². The van der Waals surface area contributed by atoms with Crippen molar-refractivity contribution in [1.82, 2.24) is 9.29 Å². The summed E-state index contributed by atoms with van der Waals surface area (Å²) >= 11 is 0. The molecule has 0 aliphatic heterocycles. The van der Waals surface area contributed by atoms with Crippen molar-refractivity contribution >= 4 is 27.0 Å². The highest BCUT2D eigenvalue weighted by molar-refractivity contribution is 7.90. The van der Waals surface area contributed by atoms with Gasteiger partial charge in [-0.2, -0.15) is 13.2 Å². The van der Waals surface area contributed by atoms with Gasteiger partial charge in [-0.25, -0.2) is 17.2 Å². The zero-order chi connectivity index (χ0) is 26.2. The van der Waals surface area contributed by atoms with Crippen LogP contribution in [0.5, 0.6) is 5.75 Å². The molecule has 0 radical (unpaired) electrons. The third-order valence-electron chi connectivity index (χ3n) is 4.99. The van der Waals surface area contributed by atoms with Crippen LogP contribution in [0.4, 0.5) is 18.0 Å². The standard InChI is InChI=1S/C24H27F3N2O5S/c1-15-6-8-19(9-7-15)35(31,32)29-18(14-28-22(30)34-23(2,3)4)11-16-10-17(13-24(25,26)27)21(33-5)12-20(16)29/h6-12H,13-14H2,1-5H3,(H,28,30). The first-order valence-corrected chi connectivity index (χ1v) is 12.1. The molecule has 0 saturated heterocycles. The van der Waals surface area contributed by atoms with E-state index in [1.54, 1.807) is 32.9 Å². The maximum absolute atomic E-state index is 13.6. The average Bonchev–Trinajstić information content (AvgIpc) is 3.07. The van der Waals surface area contributed by atoms with Crippen LogP contribution in [-0.2, 0) is 27.7 Å². The number of alkyl carbamates (subject to hydrolysis) is 1. The van der Waals surface area contributed by atoms with Crippen LogP contribution in [0.25, 0.3) is 10.9 Å². The molecular formula is C24H27F3N2O5S. The van der Waals surface area contributed by atoms with Gasteiger partial charge in [-0.3, -0.25) is 0 Å². The molecule has 0 aliphatic carbocycles. The number of alkyl halides is 3. The molecule has 1 amide bonds. The summed E-state index contributed by atoms with van der Waals surface area (Å²) in [4.78, 5) is 12.2. The van der Waals surface area contributed by atoms with Crippen molar-refractivity contribution in [2.45, 2.75) is 57.3 Å². The second-order valence-electron chi connectivity index (χ2n) is 9.09. The Morgan fingerprint density at radius 3 is 2.23 bits per heavy atom. The first-order valence-electron chi connectivity index (χ1n) is 10.7. The monoisotopic (exact) mass is 512 g/mol. The number of hydrogen-bond acceptors (Lipinski definition) is 5. The molecule has 35 heavy (non-hydrogen) atoms. The first-order chi connectivity index (χ1) is 16.1. The maximum atomic E-state index is 13.6. The molecule has 0 saturated carbocycles. The fraction of sp³-hybridized carbons (Fsp3) is 0.375. The molecule has 1 aromatic heterocycles. The van der Waals surface area contributed by atoms with Gasteiger partial charge >= 0.3 is 12.3 Å². The van der Waals surface area contributed by atoms with E-state index in [0.29, 0.717) is 0 Å². The van der Waals surface area contributed by atoms with E-state index in [0.717, 1.165) is 9.54 Å². The van der Waals surface area contributed by atoms with E-state index in [1.807, 2.05) is 6.92 Å². The van der Waals surface area contributed by atoms with Gasteiger partial charge in [-0.15, -0.1) is 0 Å². The van der Waals surface area contributed by atoms with Gasteiger partial charge in [-0.05, 0) is 52.0 Å². The molecule has 0 bridgehead atoms. The third-order valence-corrected chi connectivity index (χ3v) is 6.77. The molecule has 7 nitrogen and oxygen atoms in total. The molecule has 2 aromatic carbocycles. The minimum atomic E-state index is -4.49. The van der Waals surface area contributed by atoms with E-state index >= 15 is 0 Å². The fourth-order valence-electron chi connectivity index (χ4n) is 3.56. The number of nitrogens with one attached hydrogen (secondary N) is 1. The number of methoxy groups -OCH3 is 1. The predicted octanol–water partition coefficient (Wildman–Crippen LogP) is 5.32. The lowest BCUT2D eigenvalue weighted by Crippen LogP contribution is -2.33. The number of rotatable bonds is 6. The Balaban J connectivity index is 2.18. The zero-order valence-electron chi connectivity index (χ0n) is 20.0. The molecule has 1 N–H and O–H groups in total. The van der Waals surface area contributed by atoms with Crippen LogP contribution in [0, 0.1) is 6.92 Å². The molecule has 1 heterocycles. The summed E-state index contributed by atoms with van der Waals surface area (Å²) < 4.78 is 78.0. The lowest BCUT2D eigenvalue weighted by atomic mass is 10.1. The number of nitrogens with zero attached hydrogens (tertiary/aromatic N) is 1. The van der Waals surface area contributed by atoms with E-state index in [4.69, 9.17) is 9.47 Å². The van der Waals surface area contributed by atoms with E-state index in [2.05, 4.69) is 5.32 Å². The zero-order valence-corrected chi connectivity index (χ0v) is 20.8. The van der Waals surface area contributed by atoms with Crippen LogP contribution < -0.4 is 10.1 Å². The highest BCUT2D eigenvalue weighted by atomic mass is 32.2. The Morgan fingerprint density at radius 2 is 1.69 bits per heavy atom. The van der Waals surface area contributed by atoms with Gasteiger partial charge < -0.3 is 14.8 Å². The lowest BCUT2D eigenvalue weighted by Gasteiger charge is -2.20.